The lowest BCUT2D eigenvalue weighted by atomic mass is 10.2. The van der Waals surface area contributed by atoms with Gasteiger partial charge in [0.2, 0.25) is 0 Å². The predicted molar refractivity (Wildman–Crippen MR) is 102 cm³/mol. The summed E-state index contributed by atoms with van der Waals surface area (Å²) >= 11 is 1.32. The van der Waals surface area contributed by atoms with E-state index in [1.165, 1.54) is 11.3 Å². The zero-order valence-corrected chi connectivity index (χ0v) is 15.8. The molecule has 0 fully saturated rings. The second kappa shape index (κ2) is 11.0. The van der Waals surface area contributed by atoms with Gasteiger partial charge in [0, 0.05) is 38.1 Å². The van der Waals surface area contributed by atoms with Crippen LogP contribution >= 0.6 is 36.2 Å². The van der Waals surface area contributed by atoms with Crippen LogP contribution < -0.4 is 10.6 Å². The molecule has 0 aromatic carbocycles. The Bertz CT molecular complexity index is 652. The molecule has 2 aromatic heterocycles. The zero-order valence-electron chi connectivity index (χ0n) is 13.3. The molecule has 6 nitrogen and oxygen atoms in total. The van der Waals surface area contributed by atoms with E-state index < -0.39 is 0 Å². The van der Waals surface area contributed by atoms with Crippen molar-refractivity contribution >= 4 is 53.7 Å². The molecule has 0 aliphatic carbocycles. The summed E-state index contributed by atoms with van der Waals surface area (Å²) in [6.07, 6.45) is 3.11. The van der Waals surface area contributed by atoms with Gasteiger partial charge < -0.3 is 15.5 Å². The molecular weight excluding hydrogens is 371 g/mol. The van der Waals surface area contributed by atoms with Gasteiger partial charge in [0.05, 0.1) is 5.69 Å². The molecule has 24 heavy (non-hydrogen) atoms. The van der Waals surface area contributed by atoms with Crippen LogP contribution in [0, 0.1) is 0 Å². The number of nitrogens with zero attached hydrogens (tertiary/aromatic N) is 2. The first-order valence-electron chi connectivity index (χ1n) is 6.82. The molecule has 0 bridgehead atoms. The Kier molecular flexibility index (Phi) is 10.2. The number of likely N-dealkylation sites (N-methyl/N-ethyl adjacent to an activating group) is 2. The van der Waals surface area contributed by atoms with Gasteiger partial charge in [-0.15, -0.1) is 36.2 Å². The van der Waals surface area contributed by atoms with E-state index in [9.17, 15) is 9.59 Å². The van der Waals surface area contributed by atoms with Crippen molar-refractivity contribution in [3.8, 4) is 0 Å². The number of carbonyl (C=O) groups is 2. The van der Waals surface area contributed by atoms with Gasteiger partial charge in [-0.05, 0) is 30.6 Å². The third kappa shape index (κ3) is 5.76. The lowest BCUT2D eigenvalue weighted by Crippen LogP contribution is -2.32. The summed E-state index contributed by atoms with van der Waals surface area (Å²) in [6, 6.07) is 4.99. The molecule has 0 radical (unpaired) electrons. The van der Waals surface area contributed by atoms with Crippen molar-refractivity contribution in [3.63, 3.8) is 0 Å². The zero-order chi connectivity index (χ0) is 15.9. The molecule has 0 aliphatic rings. The maximum atomic E-state index is 12.4. The van der Waals surface area contributed by atoms with Crippen molar-refractivity contribution in [3.05, 3.63) is 46.4 Å². The first kappa shape index (κ1) is 22.3. The van der Waals surface area contributed by atoms with Gasteiger partial charge in [-0.3, -0.25) is 14.6 Å². The van der Waals surface area contributed by atoms with Crippen molar-refractivity contribution in [1.82, 2.24) is 15.2 Å². The summed E-state index contributed by atoms with van der Waals surface area (Å²) in [6.45, 7) is 1.32. The average Bonchev–Trinajstić information content (AvgIpc) is 3.00. The van der Waals surface area contributed by atoms with E-state index in [2.05, 4.69) is 15.6 Å². The Labute approximate surface area is 157 Å². The van der Waals surface area contributed by atoms with Crippen LogP contribution in [-0.2, 0) is 0 Å². The van der Waals surface area contributed by atoms with Gasteiger partial charge >= 0.3 is 0 Å². The second-order valence-electron chi connectivity index (χ2n) is 4.68. The molecule has 2 N–H and O–H groups in total. The highest BCUT2D eigenvalue weighted by molar-refractivity contribution is 7.12. The van der Waals surface area contributed by atoms with E-state index in [1.807, 2.05) is 7.05 Å². The average molecular weight is 391 g/mol. The van der Waals surface area contributed by atoms with Crippen LogP contribution in [0.25, 0.3) is 0 Å². The fourth-order valence-corrected chi connectivity index (χ4v) is 2.67. The molecule has 0 aliphatic heterocycles. The van der Waals surface area contributed by atoms with Gasteiger partial charge in [-0.1, -0.05) is 0 Å². The Morgan fingerprint density at radius 3 is 2.50 bits per heavy atom. The Hall–Kier alpha value is -1.67. The van der Waals surface area contributed by atoms with Crippen molar-refractivity contribution in [1.29, 1.82) is 0 Å². The molecule has 2 amide bonds. The number of aromatic nitrogens is 1. The molecule has 9 heteroatoms. The number of nitrogens with one attached hydrogen (secondary N) is 2. The molecule has 2 aromatic rings. The van der Waals surface area contributed by atoms with E-state index in [0.717, 1.165) is 0 Å². The quantitative estimate of drug-likeness (QED) is 0.794. The number of amides is 2. The van der Waals surface area contributed by atoms with Crippen LogP contribution in [0.5, 0.6) is 0 Å². The van der Waals surface area contributed by atoms with Gasteiger partial charge in [0.25, 0.3) is 11.8 Å². The van der Waals surface area contributed by atoms with E-state index in [4.69, 9.17) is 0 Å². The number of hydrogen-bond donors (Lipinski definition) is 2. The molecule has 0 atom stereocenters. The number of rotatable bonds is 6. The number of anilines is 1. The van der Waals surface area contributed by atoms with E-state index in [0.29, 0.717) is 29.2 Å². The van der Waals surface area contributed by atoms with Crippen molar-refractivity contribution in [2.24, 2.45) is 0 Å². The van der Waals surface area contributed by atoms with Crippen LogP contribution in [0.1, 0.15) is 20.0 Å². The summed E-state index contributed by atoms with van der Waals surface area (Å²) < 4.78 is 0. The standard InChI is InChI=1S/C15H18N4O2S.2ClH/c1-16-8-9-19(2)15(21)13-12(5-10-22-13)18-14(20)11-3-6-17-7-4-11;;/h3-7,10,16H,8-9H2,1-2H3,(H,18,20);2*1H. The topological polar surface area (TPSA) is 74.3 Å². The van der Waals surface area contributed by atoms with Crippen LogP contribution in [0.2, 0.25) is 0 Å². The minimum absolute atomic E-state index is 0. The van der Waals surface area contributed by atoms with Gasteiger partial charge in [0.15, 0.2) is 0 Å². The van der Waals surface area contributed by atoms with Crippen LogP contribution in [0.3, 0.4) is 0 Å². The van der Waals surface area contributed by atoms with Crippen LogP contribution in [0.15, 0.2) is 36.0 Å². The fraction of sp³-hybridized carbons (Fsp3) is 0.267. The van der Waals surface area contributed by atoms with E-state index >= 15 is 0 Å². The smallest absolute Gasteiger partial charge is 0.265 e. The highest BCUT2D eigenvalue weighted by Gasteiger charge is 2.18. The predicted octanol–water partition coefficient (Wildman–Crippen LogP) is 2.53. The lowest BCUT2D eigenvalue weighted by molar-refractivity contribution is 0.0802. The third-order valence-corrected chi connectivity index (χ3v) is 4.00. The first-order valence-corrected chi connectivity index (χ1v) is 7.70. The molecule has 0 unspecified atom stereocenters. The lowest BCUT2D eigenvalue weighted by Gasteiger charge is -2.17. The second-order valence-corrected chi connectivity index (χ2v) is 5.60. The first-order chi connectivity index (χ1) is 10.6. The minimum Gasteiger partial charge on any atom is -0.340 e. The molecule has 132 valence electrons. The third-order valence-electron chi connectivity index (χ3n) is 3.09. The highest BCUT2D eigenvalue weighted by atomic mass is 35.5. The number of halogens is 2. The number of pyridine rings is 1. The minimum atomic E-state index is -0.257. The fourth-order valence-electron chi connectivity index (χ4n) is 1.83. The maximum absolute atomic E-state index is 12.4. The Balaban J connectivity index is 0.00000264. The normalized spacial score (nSPS) is 9.42. The Morgan fingerprint density at radius 2 is 1.88 bits per heavy atom. The number of carbonyl (C=O) groups excluding carboxylic acids is 2. The molecule has 2 heterocycles. The summed E-state index contributed by atoms with van der Waals surface area (Å²) in [4.78, 5) is 30.6. The molecule has 0 saturated carbocycles. The highest BCUT2D eigenvalue weighted by Crippen LogP contribution is 2.24. The SMILES string of the molecule is CNCCN(C)C(=O)c1sccc1NC(=O)c1ccncc1.Cl.Cl. The molecule has 0 spiro atoms. The summed E-state index contributed by atoms with van der Waals surface area (Å²) in [5.74, 6) is -0.358. The van der Waals surface area contributed by atoms with Crippen LogP contribution in [-0.4, -0.2) is 48.9 Å². The monoisotopic (exact) mass is 390 g/mol. The van der Waals surface area contributed by atoms with E-state index in [1.54, 1.807) is 47.9 Å². The number of thiophene rings is 1. The van der Waals surface area contributed by atoms with Crippen molar-refractivity contribution < 1.29 is 9.59 Å². The molecular formula is C15H20Cl2N4O2S. The van der Waals surface area contributed by atoms with Gasteiger partial charge in [-0.25, -0.2) is 0 Å². The summed E-state index contributed by atoms with van der Waals surface area (Å²) in [5.41, 5.74) is 1.04. The van der Waals surface area contributed by atoms with E-state index in [-0.39, 0.29) is 36.6 Å². The van der Waals surface area contributed by atoms with Gasteiger partial charge in [0.1, 0.15) is 4.88 Å². The van der Waals surface area contributed by atoms with Crippen molar-refractivity contribution in [2.75, 3.05) is 32.5 Å². The summed E-state index contributed by atoms with van der Waals surface area (Å²) in [7, 11) is 3.58. The van der Waals surface area contributed by atoms with Crippen LogP contribution in [0.4, 0.5) is 5.69 Å². The van der Waals surface area contributed by atoms with Gasteiger partial charge in [-0.2, -0.15) is 0 Å². The van der Waals surface area contributed by atoms with Crippen molar-refractivity contribution in [2.45, 2.75) is 0 Å². The molecule has 0 saturated heterocycles. The largest absolute Gasteiger partial charge is 0.340 e. The maximum Gasteiger partial charge on any atom is 0.265 e. The number of hydrogen-bond acceptors (Lipinski definition) is 5. The molecule has 2 rings (SSSR count). The summed E-state index contributed by atoms with van der Waals surface area (Å²) in [5, 5.41) is 7.57. The Morgan fingerprint density at radius 1 is 1.21 bits per heavy atom.